The summed E-state index contributed by atoms with van der Waals surface area (Å²) in [5.41, 5.74) is -0.107. The summed E-state index contributed by atoms with van der Waals surface area (Å²) in [6.07, 6.45) is 7.99. The van der Waals surface area contributed by atoms with E-state index in [0.29, 0.717) is 19.3 Å². The zero-order valence-electron chi connectivity index (χ0n) is 13.3. The molecule has 0 bridgehead atoms. The third kappa shape index (κ3) is 8.90. The number of nitrogens with one attached hydrogen (secondary N) is 1. The highest BCUT2D eigenvalue weighted by Gasteiger charge is 2.31. The van der Waals surface area contributed by atoms with Crippen molar-refractivity contribution in [1.29, 1.82) is 0 Å². The molecule has 0 aromatic heterocycles. The average Bonchev–Trinajstić information content (AvgIpc) is 3.25. The molecule has 0 radical (unpaired) electrons. The molecule has 1 atom stereocenters. The Balaban J connectivity index is 1.87. The highest BCUT2D eigenvalue weighted by molar-refractivity contribution is 4.92. The number of rotatable bonds is 14. The number of ether oxygens (including phenoxy) is 2. The summed E-state index contributed by atoms with van der Waals surface area (Å²) in [7, 11) is 0. The minimum atomic E-state index is -0.107. The Morgan fingerprint density at radius 3 is 2.25 bits per heavy atom. The average molecular weight is 287 g/mol. The van der Waals surface area contributed by atoms with Gasteiger partial charge in [0, 0.05) is 24.8 Å². The highest BCUT2D eigenvalue weighted by atomic mass is 16.5. The largest absolute Gasteiger partial charge is 0.394 e. The quantitative estimate of drug-likeness (QED) is 0.482. The molecular weight excluding hydrogens is 254 g/mol. The van der Waals surface area contributed by atoms with Gasteiger partial charge < -0.3 is 19.9 Å². The highest BCUT2D eigenvalue weighted by Crippen LogP contribution is 2.24. The van der Waals surface area contributed by atoms with Gasteiger partial charge in [0.05, 0.1) is 19.8 Å². The van der Waals surface area contributed by atoms with Gasteiger partial charge >= 0.3 is 0 Å². The van der Waals surface area contributed by atoms with Crippen LogP contribution in [0.4, 0.5) is 0 Å². The van der Waals surface area contributed by atoms with Crippen molar-refractivity contribution in [2.45, 2.75) is 70.4 Å². The lowest BCUT2D eigenvalue weighted by molar-refractivity contribution is 0.0443. The van der Waals surface area contributed by atoms with E-state index in [1.54, 1.807) is 0 Å². The number of hydrogen-bond donors (Lipinski definition) is 2. The third-order valence-electron chi connectivity index (χ3n) is 3.76. The van der Waals surface area contributed by atoms with Gasteiger partial charge in [-0.2, -0.15) is 0 Å². The van der Waals surface area contributed by atoms with E-state index >= 15 is 0 Å². The SMILES string of the molecule is CCCCOCCOCCCCC(C)(CO)NC1CC1. The molecule has 4 nitrogen and oxygen atoms in total. The van der Waals surface area contributed by atoms with Gasteiger partial charge in [0.15, 0.2) is 0 Å². The van der Waals surface area contributed by atoms with Gasteiger partial charge in [-0.3, -0.25) is 0 Å². The van der Waals surface area contributed by atoms with Crippen molar-refractivity contribution in [2.75, 3.05) is 33.0 Å². The Hall–Kier alpha value is -0.160. The number of hydrogen-bond acceptors (Lipinski definition) is 4. The monoisotopic (exact) mass is 287 g/mol. The van der Waals surface area contributed by atoms with Crippen molar-refractivity contribution in [3.63, 3.8) is 0 Å². The zero-order valence-corrected chi connectivity index (χ0v) is 13.3. The number of unbranched alkanes of at least 4 members (excludes halogenated alkanes) is 2. The van der Waals surface area contributed by atoms with Crippen LogP contribution in [0.25, 0.3) is 0 Å². The second-order valence-corrected chi connectivity index (χ2v) is 6.17. The fourth-order valence-corrected chi connectivity index (χ4v) is 2.21. The molecule has 120 valence electrons. The maximum Gasteiger partial charge on any atom is 0.0700 e. The molecule has 2 N–H and O–H groups in total. The molecule has 0 aromatic carbocycles. The van der Waals surface area contributed by atoms with Gasteiger partial charge in [-0.05, 0) is 45.4 Å². The summed E-state index contributed by atoms with van der Waals surface area (Å²) >= 11 is 0. The third-order valence-corrected chi connectivity index (χ3v) is 3.76. The van der Waals surface area contributed by atoms with E-state index in [1.165, 1.54) is 19.3 Å². The van der Waals surface area contributed by atoms with E-state index in [2.05, 4.69) is 19.2 Å². The van der Waals surface area contributed by atoms with Crippen LogP contribution in [-0.2, 0) is 9.47 Å². The normalized spacial score (nSPS) is 18.1. The Morgan fingerprint density at radius 2 is 1.70 bits per heavy atom. The van der Waals surface area contributed by atoms with Crippen LogP contribution >= 0.6 is 0 Å². The van der Waals surface area contributed by atoms with Crippen LogP contribution in [0, 0.1) is 0 Å². The van der Waals surface area contributed by atoms with Gasteiger partial charge in [-0.1, -0.05) is 13.3 Å². The van der Waals surface area contributed by atoms with E-state index in [9.17, 15) is 5.11 Å². The van der Waals surface area contributed by atoms with E-state index in [0.717, 1.165) is 38.9 Å². The first-order chi connectivity index (χ1) is 9.70. The molecule has 0 saturated heterocycles. The Labute approximate surface area is 124 Å². The van der Waals surface area contributed by atoms with Gasteiger partial charge in [-0.15, -0.1) is 0 Å². The molecule has 1 aliphatic carbocycles. The molecule has 1 saturated carbocycles. The van der Waals surface area contributed by atoms with Crippen LogP contribution in [0.15, 0.2) is 0 Å². The summed E-state index contributed by atoms with van der Waals surface area (Å²) < 4.78 is 11.0. The van der Waals surface area contributed by atoms with Crippen molar-refractivity contribution in [3.05, 3.63) is 0 Å². The lowest BCUT2D eigenvalue weighted by Crippen LogP contribution is -2.46. The van der Waals surface area contributed by atoms with E-state index < -0.39 is 0 Å². The predicted molar refractivity (Wildman–Crippen MR) is 82.0 cm³/mol. The standard InChI is InChI=1S/C16H33NO3/c1-3-4-10-19-12-13-20-11-6-5-9-16(2,14-18)17-15-7-8-15/h15,17-18H,3-14H2,1-2H3. The van der Waals surface area contributed by atoms with Crippen molar-refractivity contribution in [3.8, 4) is 0 Å². The molecule has 0 spiro atoms. The van der Waals surface area contributed by atoms with Crippen molar-refractivity contribution < 1.29 is 14.6 Å². The smallest absolute Gasteiger partial charge is 0.0700 e. The minimum absolute atomic E-state index is 0.107. The van der Waals surface area contributed by atoms with Gasteiger partial charge in [0.2, 0.25) is 0 Å². The van der Waals surface area contributed by atoms with E-state index in [4.69, 9.17) is 9.47 Å². The summed E-state index contributed by atoms with van der Waals surface area (Å²) in [6, 6.07) is 0.642. The molecule has 0 heterocycles. The zero-order chi connectivity index (χ0) is 14.7. The molecule has 0 aromatic rings. The summed E-state index contributed by atoms with van der Waals surface area (Å²) in [6.45, 7) is 7.55. The first-order valence-corrected chi connectivity index (χ1v) is 8.24. The molecule has 1 unspecified atom stereocenters. The van der Waals surface area contributed by atoms with Crippen LogP contribution in [0.2, 0.25) is 0 Å². The first-order valence-electron chi connectivity index (χ1n) is 8.24. The lowest BCUT2D eigenvalue weighted by atomic mass is 9.95. The maximum absolute atomic E-state index is 9.50. The Bertz CT molecular complexity index is 234. The summed E-state index contributed by atoms with van der Waals surface area (Å²) in [4.78, 5) is 0. The summed E-state index contributed by atoms with van der Waals surface area (Å²) in [5, 5.41) is 13.0. The second-order valence-electron chi connectivity index (χ2n) is 6.17. The maximum atomic E-state index is 9.50. The Kier molecular flexibility index (Phi) is 9.44. The predicted octanol–water partition coefficient (Wildman–Crippen LogP) is 2.49. The van der Waals surface area contributed by atoms with Crippen LogP contribution < -0.4 is 5.32 Å². The Morgan fingerprint density at radius 1 is 1.05 bits per heavy atom. The van der Waals surface area contributed by atoms with Crippen LogP contribution in [0.3, 0.4) is 0 Å². The molecule has 1 aliphatic rings. The first kappa shape index (κ1) is 17.9. The fourth-order valence-electron chi connectivity index (χ4n) is 2.21. The van der Waals surface area contributed by atoms with Crippen molar-refractivity contribution in [1.82, 2.24) is 5.32 Å². The molecule has 0 amide bonds. The van der Waals surface area contributed by atoms with Crippen molar-refractivity contribution in [2.24, 2.45) is 0 Å². The lowest BCUT2D eigenvalue weighted by Gasteiger charge is -2.29. The van der Waals surface area contributed by atoms with Crippen LogP contribution in [-0.4, -0.2) is 49.7 Å². The molecule has 4 heteroatoms. The van der Waals surface area contributed by atoms with E-state index in [-0.39, 0.29) is 12.1 Å². The number of aliphatic hydroxyl groups is 1. The molecule has 20 heavy (non-hydrogen) atoms. The van der Waals surface area contributed by atoms with E-state index in [1.807, 2.05) is 0 Å². The molecule has 0 aliphatic heterocycles. The van der Waals surface area contributed by atoms with Crippen LogP contribution in [0.1, 0.15) is 58.8 Å². The second kappa shape index (κ2) is 10.6. The fraction of sp³-hybridized carbons (Fsp3) is 1.00. The topological polar surface area (TPSA) is 50.7 Å². The van der Waals surface area contributed by atoms with Crippen molar-refractivity contribution >= 4 is 0 Å². The molecule has 1 fully saturated rings. The summed E-state index contributed by atoms with van der Waals surface area (Å²) in [5.74, 6) is 0. The van der Waals surface area contributed by atoms with Crippen LogP contribution in [0.5, 0.6) is 0 Å². The molecular formula is C16H33NO3. The number of aliphatic hydroxyl groups excluding tert-OH is 1. The van der Waals surface area contributed by atoms with Gasteiger partial charge in [0.25, 0.3) is 0 Å². The van der Waals surface area contributed by atoms with Gasteiger partial charge in [-0.25, -0.2) is 0 Å². The minimum Gasteiger partial charge on any atom is -0.394 e. The van der Waals surface area contributed by atoms with Gasteiger partial charge in [0.1, 0.15) is 0 Å². The molecule has 1 rings (SSSR count).